The molecule has 0 aromatic heterocycles. The van der Waals surface area contributed by atoms with Gasteiger partial charge >= 0.3 is 5.97 Å². The second-order valence-corrected chi connectivity index (χ2v) is 3.70. The topological polar surface area (TPSA) is 75.3 Å². The summed E-state index contributed by atoms with van der Waals surface area (Å²) < 4.78 is 0. The zero-order chi connectivity index (χ0) is 11.4. The van der Waals surface area contributed by atoms with Crippen LogP contribution in [0, 0.1) is 13.8 Å². The van der Waals surface area contributed by atoms with E-state index < -0.39 is 12.0 Å². The molecule has 1 rings (SSSR count). The summed E-state index contributed by atoms with van der Waals surface area (Å²) in [6.45, 7) is 4.23. The van der Waals surface area contributed by atoms with Crippen LogP contribution in [0.15, 0.2) is 18.2 Å². The van der Waals surface area contributed by atoms with E-state index in [-0.39, 0.29) is 6.54 Å². The highest BCUT2D eigenvalue weighted by Crippen LogP contribution is 2.13. The molecule has 0 fully saturated rings. The van der Waals surface area contributed by atoms with Gasteiger partial charge in [0.25, 0.3) is 0 Å². The van der Waals surface area contributed by atoms with Crippen LogP contribution in [-0.4, -0.2) is 23.7 Å². The van der Waals surface area contributed by atoms with E-state index in [9.17, 15) is 4.79 Å². The molecular formula is C11H16N2O2. The zero-order valence-electron chi connectivity index (χ0n) is 8.95. The van der Waals surface area contributed by atoms with Crippen molar-refractivity contribution in [1.29, 1.82) is 0 Å². The minimum atomic E-state index is -0.994. The summed E-state index contributed by atoms with van der Waals surface area (Å²) in [5, 5.41) is 11.6. The molecule has 0 amide bonds. The molecule has 15 heavy (non-hydrogen) atoms. The molecule has 0 aliphatic heterocycles. The Morgan fingerprint density at radius 2 is 1.93 bits per heavy atom. The number of rotatable bonds is 4. The van der Waals surface area contributed by atoms with Crippen LogP contribution >= 0.6 is 0 Å². The number of carboxylic acid groups (broad SMARTS) is 1. The van der Waals surface area contributed by atoms with Crippen molar-refractivity contribution >= 4 is 11.7 Å². The van der Waals surface area contributed by atoms with E-state index in [0.717, 1.165) is 16.8 Å². The molecule has 0 heterocycles. The quantitative estimate of drug-likeness (QED) is 0.693. The van der Waals surface area contributed by atoms with Crippen molar-refractivity contribution in [1.82, 2.24) is 0 Å². The van der Waals surface area contributed by atoms with Gasteiger partial charge in [0.05, 0.1) is 0 Å². The van der Waals surface area contributed by atoms with E-state index in [1.165, 1.54) is 0 Å². The molecule has 1 aromatic carbocycles. The number of aliphatic carboxylic acids is 1. The minimum absolute atomic E-state index is 0.234. The Labute approximate surface area is 89.1 Å². The molecule has 0 aliphatic carbocycles. The Morgan fingerprint density at radius 1 is 1.40 bits per heavy atom. The molecular weight excluding hydrogens is 192 g/mol. The van der Waals surface area contributed by atoms with E-state index in [2.05, 4.69) is 11.4 Å². The van der Waals surface area contributed by atoms with E-state index in [1.54, 1.807) is 0 Å². The van der Waals surface area contributed by atoms with Gasteiger partial charge in [0.15, 0.2) is 0 Å². The third kappa shape index (κ3) is 3.59. The minimum Gasteiger partial charge on any atom is -0.480 e. The SMILES string of the molecule is Cc1cc(C)cc(NCC(N)C(=O)O)c1. The summed E-state index contributed by atoms with van der Waals surface area (Å²) in [5.74, 6) is -0.994. The number of nitrogens with one attached hydrogen (secondary N) is 1. The molecule has 4 heteroatoms. The van der Waals surface area contributed by atoms with Crippen LogP contribution in [-0.2, 0) is 4.79 Å². The molecule has 82 valence electrons. The number of benzene rings is 1. The monoisotopic (exact) mass is 208 g/mol. The summed E-state index contributed by atoms with van der Waals surface area (Å²) in [7, 11) is 0. The predicted molar refractivity (Wildman–Crippen MR) is 60.0 cm³/mol. The Kier molecular flexibility index (Phi) is 3.68. The molecule has 1 atom stereocenters. The smallest absolute Gasteiger partial charge is 0.322 e. The summed E-state index contributed by atoms with van der Waals surface area (Å²) >= 11 is 0. The van der Waals surface area contributed by atoms with E-state index in [0.29, 0.717) is 0 Å². The maximum atomic E-state index is 10.5. The van der Waals surface area contributed by atoms with Crippen molar-refractivity contribution in [2.45, 2.75) is 19.9 Å². The fraction of sp³-hybridized carbons (Fsp3) is 0.364. The first-order chi connectivity index (χ1) is 6.99. The van der Waals surface area contributed by atoms with Crippen molar-refractivity contribution in [3.8, 4) is 0 Å². The Hall–Kier alpha value is -1.55. The van der Waals surface area contributed by atoms with Crippen molar-refractivity contribution in [2.24, 2.45) is 5.73 Å². The second kappa shape index (κ2) is 4.79. The first-order valence-electron chi connectivity index (χ1n) is 4.79. The molecule has 0 spiro atoms. The average Bonchev–Trinajstić information content (AvgIpc) is 2.12. The van der Waals surface area contributed by atoms with Gasteiger partial charge in [0.1, 0.15) is 6.04 Å². The van der Waals surface area contributed by atoms with Crippen LogP contribution in [0.4, 0.5) is 5.69 Å². The number of carboxylic acids is 1. The van der Waals surface area contributed by atoms with Gasteiger partial charge in [-0.1, -0.05) is 6.07 Å². The normalized spacial score (nSPS) is 12.2. The van der Waals surface area contributed by atoms with Crippen molar-refractivity contribution in [2.75, 3.05) is 11.9 Å². The van der Waals surface area contributed by atoms with Crippen LogP contribution in [0.3, 0.4) is 0 Å². The van der Waals surface area contributed by atoms with E-state index in [1.807, 2.05) is 26.0 Å². The molecule has 4 N–H and O–H groups in total. The third-order valence-electron chi connectivity index (χ3n) is 2.06. The zero-order valence-corrected chi connectivity index (χ0v) is 8.95. The summed E-state index contributed by atoms with van der Waals surface area (Å²) in [5.41, 5.74) is 8.57. The molecule has 0 aliphatic rings. The van der Waals surface area contributed by atoms with Gasteiger partial charge in [-0.3, -0.25) is 4.79 Å². The number of nitrogens with two attached hydrogens (primary N) is 1. The summed E-state index contributed by atoms with van der Waals surface area (Å²) in [6, 6.07) is 5.11. The number of hydrogen-bond acceptors (Lipinski definition) is 3. The van der Waals surface area contributed by atoms with Crippen molar-refractivity contribution in [3.05, 3.63) is 29.3 Å². The average molecular weight is 208 g/mol. The third-order valence-corrected chi connectivity index (χ3v) is 2.06. The lowest BCUT2D eigenvalue weighted by atomic mass is 10.1. The van der Waals surface area contributed by atoms with Crippen LogP contribution in [0.25, 0.3) is 0 Å². The second-order valence-electron chi connectivity index (χ2n) is 3.70. The highest BCUT2D eigenvalue weighted by molar-refractivity contribution is 5.74. The highest BCUT2D eigenvalue weighted by atomic mass is 16.4. The maximum absolute atomic E-state index is 10.5. The fourth-order valence-electron chi connectivity index (χ4n) is 1.39. The number of aryl methyl sites for hydroxylation is 2. The lowest BCUT2D eigenvalue weighted by Crippen LogP contribution is -2.36. The summed E-state index contributed by atoms with van der Waals surface area (Å²) in [6.07, 6.45) is 0. The number of hydrogen-bond donors (Lipinski definition) is 3. The van der Waals surface area contributed by atoms with Gasteiger partial charge in [0, 0.05) is 12.2 Å². The molecule has 0 bridgehead atoms. The van der Waals surface area contributed by atoms with E-state index in [4.69, 9.17) is 10.8 Å². The molecule has 0 saturated heterocycles. The van der Waals surface area contributed by atoms with Crippen molar-refractivity contribution in [3.63, 3.8) is 0 Å². The number of carbonyl (C=O) groups is 1. The first-order valence-corrected chi connectivity index (χ1v) is 4.79. The van der Waals surface area contributed by atoms with Crippen LogP contribution in [0.2, 0.25) is 0 Å². The van der Waals surface area contributed by atoms with Crippen LogP contribution in [0.5, 0.6) is 0 Å². The van der Waals surface area contributed by atoms with Crippen LogP contribution in [0.1, 0.15) is 11.1 Å². The Balaban J connectivity index is 2.61. The molecule has 1 aromatic rings. The Morgan fingerprint density at radius 3 is 2.40 bits per heavy atom. The maximum Gasteiger partial charge on any atom is 0.322 e. The molecule has 1 unspecified atom stereocenters. The predicted octanol–water partition coefficient (Wildman–Crippen LogP) is 1.13. The highest BCUT2D eigenvalue weighted by Gasteiger charge is 2.10. The fourth-order valence-corrected chi connectivity index (χ4v) is 1.39. The van der Waals surface area contributed by atoms with E-state index >= 15 is 0 Å². The van der Waals surface area contributed by atoms with Gasteiger partial charge in [-0.2, -0.15) is 0 Å². The van der Waals surface area contributed by atoms with Gasteiger partial charge in [0.2, 0.25) is 0 Å². The van der Waals surface area contributed by atoms with Gasteiger partial charge in [-0.25, -0.2) is 0 Å². The lowest BCUT2D eigenvalue weighted by Gasteiger charge is -2.11. The molecule has 4 nitrogen and oxygen atoms in total. The van der Waals surface area contributed by atoms with Crippen molar-refractivity contribution < 1.29 is 9.90 Å². The first kappa shape index (κ1) is 11.5. The molecule has 0 radical (unpaired) electrons. The molecule has 0 saturated carbocycles. The van der Waals surface area contributed by atoms with Crippen LogP contribution < -0.4 is 11.1 Å². The van der Waals surface area contributed by atoms with Gasteiger partial charge in [-0.15, -0.1) is 0 Å². The lowest BCUT2D eigenvalue weighted by molar-refractivity contribution is -0.138. The Bertz CT molecular complexity index is 343. The standard InChI is InChI=1S/C11H16N2O2/c1-7-3-8(2)5-9(4-7)13-6-10(12)11(14)15/h3-5,10,13H,6,12H2,1-2H3,(H,14,15). The largest absolute Gasteiger partial charge is 0.480 e. The van der Waals surface area contributed by atoms with Gasteiger partial charge < -0.3 is 16.2 Å². The summed E-state index contributed by atoms with van der Waals surface area (Å²) in [4.78, 5) is 10.5. The van der Waals surface area contributed by atoms with Gasteiger partial charge in [-0.05, 0) is 37.1 Å². The number of anilines is 1.